The van der Waals surface area contributed by atoms with Gasteiger partial charge in [-0.05, 0) is 26.0 Å². The first-order valence-electron chi connectivity index (χ1n) is 7.09. The van der Waals surface area contributed by atoms with Gasteiger partial charge >= 0.3 is 11.8 Å². The van der Waals surface area contributed by atoms with E-state index in [1.54, 1.807) is 20.8 Å². The van der Waals surface area contributed by atoms with Gasteiger partial charge in [0.15, 0.2) is 0 Å². The fourth-order valence-corrected chi connectivity index (χ4v) is 2.62. The lowest BCUT2D eigenvalue weighted by Gasteiger charge is -2.24. The van der Waals surface area contributed by atoms with Crippen molar-refractivity contribution >= 4 is 21.8 Å². The molecule has 2 aromatic rings. The van der Waals surface area contributed by atoms with Gasteiger partial charge in [-0.25, -0.2) is 31.7 Å². The molecule has 138 valence electrons. The van der Waals surface area contributed by atoms with Crippen LogP contribution in [0.2, 0.25) is 0 Å². The third-order valence-corrected chi connectivity index (χ3v) is 4.72. The van der Waals surface area contributed by atoms with Crippen molar-refractivity contribution in [1.82, 2.24) is 28.8 Å². The molecule has 13 heteroatoms. The highest BCUT2D eigenvalue weighted by Gasteiger charge is 2.27. The van der Waals surface area contributed by atoms with E-state index in [-0.39, 0.29) is 5.65 Å². The minimum atomic E-state index is -3.90. The number of ether oxygens (including phenoxy) is 1. The molecule has 0 bridgehead atoms. The van der Waals surface area contributed by atoms with Crippen molar-refractivity contribution in [1.29, 1.82) is 0 Å². The van der Waals surface area contributed by atoms with Gasteiger partial charge in [0.25, 0.3) is 10.0 Å². The van der Waals surface area contributed by atoms with Gasteiger partial charge in [0, 0.05) is 21.1 Å². The molecule has 0 saturated heterocycles. The van der Waals surface area contributed by atoms with E-state index in [0.29, 0.717) is 4.79 Å². The maximum atomic E-state index is 12.5. The third-order valence-electron chi connectivity index (χ3n) is 2.98. The molecule has 12 nitrogen and oxygen atoms in total. The van der Waals surface area contributed by atoms with Gasteiger partial charge in [-0.3, -0.25) is 0 Å². The van der Waals surface area contributed by atoms with Gasteiger partial charge in [0.05, 0.1) is 0 Å². The largest absolute Gasteiger partial charge is 0.442 e. The zero-order chi connectivity index (χ0) is 19.2. The molecular formula is C12H19N7O5S. The summed E-state index contributed by atoms with van der Waals surface area (Å²) in [6.45, 7) is 5.01. The topological polar surface area (TPSA) is 132 Å². The van der Waals surface area contributed by atoms with Gasteiger partial charge in [0.1, 0.15) is 11.9 Å². The Bertz CT molecular complexity index is 970. The molecule has 0 atom stereocenters. The molecule has 0 spiro atoms. The zero-order valence-corrected chi connectivity index (χ0v) is 15.5. The Morgan fingerprint density at radius 3 is 2.36 bits per heavy atom. The van der Waals surface area contributed by atoms with Crippen molar-refractivity contribution in [3.63, 3.8) is 0 Å². The van der Waals surface area contributed by atoms with Crippen molar-refractivity contribution in [3.05, 3.63) is 16.8 Å². The van der Waals surface area contributed by atoms with Gasteiger partial charge < -0.3 is 4.74 Å². The fourth-order valence-electron chi connectivity index (χ4n) is 1.72. The van der Waals surface area contributed by atoms with Crippen LogP contribution in [0.5, 0.6) is 0 Å². The number of amides is 1. The molecule has 2 aromatic heterocycles. The van der Waals surface area contributed by atoms with Crippen LogP contribution in [-0.2, 0) is 14.8 Å². The molecular weight excluding hydrogens is 354 g/mol. The van der Waals surface area contributed by atoms with E-state index in [9.17, 15) is 18.0 Å². The number of aromatic nitrogens is 5. The van der Waals surface area contributed by atoms with Crippen LogP contribution < -0.4 is 10.7 Å². The highest BCUT2D eigenvalue weighted by Crippen LogP contribution is 2.14. The van der Waals surface area contributed by atoms with Crippen LogP contribution in [0.15, 0.2) is 16.1 Å². The quantitative estimate of drug-likeness (QED) is 0.672. The SMILES string of the molecule is CN(C(=O)OC(C)(C)C)n1nnc2c(S(=O)(=O)N(C)C)ncn2c1=O. The number of hydrogen-bond acceptors (Lipinski definition) is 8. The number of hydrogen-bond donors (Lipinski definition) is 0. The average Bonchev–Trinajstić information content (AvgIpc) is 2.90. The second kappa shape index (κ2) is 6.07. The number of rotatable bonds is 3. The van der Waals surface area contributed by atoms with Crippen LogP contribution in [-0.4, -0.2) is 70.0 Å². The molecule has 25 heavy (non-hydrogen) atoms. The van der Waals surface area contributed by atoms with E-state index in [0.717, 1.165) is 20.0 Å². The maximum absolute atomic E-state index is 12.5. The summed E-state index contributed by atoms with van der Waals surface area (Å²) in [5.74, 6) is 0. The first-order chi connectivity index (χ1) is 11.4. The second-order valence-electron chi connectivity index (χ2n) is 6.30. The van der Waals surface area contributed by atoms with E-state index in [1.165, 1.54) is 21.1 Å². The van der Waals surface area contributed by atoms with Crippen LogP contribution in [0.25, 0.3) is 5.65 Å². The predicted octanol–water partition coefficient (Wildman–Crippen LogP) is -0.961. The highest BCUT2D eigenvalue weighted by atomic mass is 32.2. The summed E-state index contributed by atoms with van der Waals surface area (Å²) < 4.78 is 31.3. The summed E-state index contributed by atoms with van der Waals surface area (Å²) in [6.07, 6.45) is 0.173. The summed E-state index contributed by atoms with van der Waals surface area (Å²) in [6, 6.07) is 0. The zero-order valence-electron chi connectivity index (χ0n) is 14.7. The summed E-state index contributed by atoms with van der Waals surface area (Å²) >= 11 is 0. The van der Waals surface area contributed by atoms with Crippen LogP contribution in [0.3, 0.4) is 0 Å². The average molecular weight is 373 g/mol. The van der Waals surface area contributed by atoms with Gasteiger partial charge in [0.2, 0.25) is 10.7 Å². The summed E-state index contributed by atoms with van der Waals surface area (Å²) in [7, 11) is 0.0131. The smallest absolute Gasteiger partial charge is 0.430 e. The molecule has 0 aliphatic heterocycles. The second-order valence-corrected chi connectivity index (χ2v) is 8.36. The van der Waals surface area contributed by atoms with Gasteiger partial charge in [-0.1, -0.05) is 4.79 Å². The molecule has 1 amide bonds. The van der Waals surface area contributed by atoms with Crippen LogP contribution in [0.1, 0.15) is 20.8 Å². The van der Waals surface area contributed by atoms with Crippen molar-refractivity contribution in [2.45, 2.75) is 31.4 Å². The first-order valence-corrected chi connectivity index (χ1v) is 8.53. The molecule has 0 aliphatic rings. The maximum Gasteiger partial charge on any atom is 0.430 e. The van der Waals surface area contributed by atoms with Crippen molar-refractivity contribution in [2.75, 3.05) is 26.2 Å². The lowest BCUT2D eigenvalue weighted by Crippen LogP contribution is -2.49. The van der Waals surface area contributed by atoms with E-state index >= 15 is 0 Å². The van der Waals surface area contributed by atoms with Crippen LogP contribution in [0.4, 0.5) is 4.79 Å². The molecule has 0 unspecified atom stereocenters. The van der Waals surface area contributed by atoms with Crippen molar-refractivity contribution in [2.24, 2.45) is 0 Å². The standard InChI is InChI=1S/C12H19N7O5S/c1-12(2,3)24-11(21)17(6)19-10(20)18-7-13-9(8(18)14-15-19)25(22,23)16(4)5/h7H,1-6H3. The minimum Gasteiger partial charge on any atom is -0.442 e. The third kappa shape index (κ3) is 3.46. The molecule has 0 aliphatic carbocycles. The normalized spacial score (nSPS) is 12.6. The predicted molar refractivity (Wildman–Crippen MR) is 86.3 cm³/mol. The Kier molecular flexibility index (Phi) is 4.57. The number of nitrogens with zero attached hydrogens (tertiary/aromatic N) is 7. The Morgan fingerprint density at radius 2 is 1.84 bits per heavy atom. The Balaban J connectivity index is 2.52. The molecule has 0 N–H and O–H groups in total. The Hall–Kier alpha value is -2.54. The lowest BCUT2D eigenvalue weighted by molar-refractivity contribution is 0.0538. The number of sulfonamides is 1. The molecule has 0 radical (unpaired) electrons. The van der Waals surface area contributed by atoms with Gasteiger partial charge in [-0.2, -0.15) is 5.01 Å². The van der Waals surface area contributed by atoms with Gasteiger partial charge in [-0.15, -0.1) is 5.10 Å². The minimum absolute atomic E-state index is 0.243. The van der Waals surface area contributed by atoms with Crippen molar-refractivity contribution < 1.29 is 17.9 Å². The molecule has 0 fully saturated rings. The van der Waals surface area contributed by atoms with Crippen LogP contribution >= 0.6 is 0 Å². The number of fused-ring (bicyclic) bond motifs is 1. The first kappa shape index (κ1) is 18.8. The Morgan fingerprint density at radius 1 is 1.24 bits per heavy atom. The summed E-state index contributed by atoms with van der Waals surface area (Å²) in [5, 5.41) is 7.72. The van der Waals surface area contributed by atoms with Crippen molar-refractivity contribution in [3.8, 4) is 0 Å². The van der Waals surface area contributed by atoms with E-state index in [4.69, 9.17) is 4.74 Å². The number of imidazole rings is 1. The fraction of sp³-hybridized carbons (Fsp3) is 0.583. The monoisotopic (exact) mass is 373 g/mol. The van der Waals surface area contributed by atoms with E-state index in [1.807, 2.05) is 0 Å². The molecule has 0 aromatic carbocycles. The number of carbonyl (C=O) groups is 1. The highest BCUT2D eigenvalue weighted by molar-refractivity contribution is 7.89. The molecule has 2 heterocycles. The van der Waals surface area contributed by atoms with Crippen LogP contribution in [0, 0.1) is 0 Å². The number of carbonyl (C=O) groups excluding carboxylic acids is 1. The summed E-state index contributed by atoms with van der Waals surface area (Å²) in [5.41, 5.74) is -1.84. The lowest BCUT2D eigenvalue weighted by atomic mass is 10.2. The Labute approximate surface area is 143 Å². The molecule has 0 saturated carbocycles. The van der Waals surface area contributed by atoms with E-state index in [2.05, 4.69) is 15.3 Å². The van der Waals surface area contributed by atoms with E-state index < -0.39 is 32.4 Å². The molecule has 2 rings (SSSR count). The summed E-state index contributed by atoms with van der Waals surface area (Å²) in [4.78, 5) is 28.9.